The van der Waals surface area contributed by atoms with Crippen LogP contribution in [0, 0.1) is 5.82 Å². The molecule has 2 N–H and O–H groups in total. The molecule has 1 fully saturated rings. The molecule has 3 rings (SSSR count). The first kappa shape index (κ1) is 19.8. The molecule has 2 aromatic rings. The van der Waals surface area contributed by atoms with Gasteiger partial charge in [0.15, 0.2) is 0 Å². The Morgan fingerprint density at radius 3 is 2.41 bits per heavy atom. The van der Waals surface area contributed by atoms with Gasteiger partial charge in [-0.1, -0.05) is 35.9 Å². The first-order chi connectivity index (χ1) is 12.8. The molecule has 0 atom stereocenters. The van der Waals surface area contributed by atoms with Crippen LogP contribution in [0.5, 0.6) is 0 Å². The summed E-state index contributed by atoms with van der Waals surface area (Å²) >= 11 is 5.90. The average Bonchev–Trinajstić information content (AvgIpc) is 3.42. The maximum absolute atomic E-state index is 13.1. The Kier molecular flexibility index (Phi) is 5.83. The van der Waals surface area contributed by atoms with Gasteiger partial charge in [-0.3, -0.25) is 4.79 Å². The molecule has 0 unspecified atom stereocenters. The number of halogens is 2. The molecule has 1 aliphatic rings. The number of benzene rings is 2. The zero-order chi connectivity index (χ0) is 19.5. The van der Waals surface area contributed by atoms with Crippen molar-refractivity contribution in [3.63, 3.8) is 0 Å². The van der Waals surface area contributed by atoms with E-state index >= 15 is 0 Å². The van der Waals surface area contributed by atoms with Crippen molar-refractivity contribution in [1.29, 1.82) is 0 Å². The van der Waals surface area contributed by atoms with Gasteiger partial charge in [0.2, 0.25) is 15.9 Å². The Hall–Kier alpha value is -1.96. The predicted molar refractivity (Wildman–Crippen MR) is 102 cm³/mol. The number of hydrogen-bond donors (Lipinski definition) is 2. The van der Waals surface area contributed by atoms with Crippen LogP contribution in [0.25, 0.3) is 0 Å². The number of amides is 1. The number of hydrogen-bond acceptors (Lipinski definition) is 3. The third-order valence-electron chi connectivity index (χ3n) is 4.70. The van der Waals surface area contributed by atoms with Gasteiger partial charge in [0.1, 0.15) is 10.7 Å². The van der Waals surface area contributed by atoms with E-state index in [2.05, 4.69) is 10.0 Å². The maximum atomic E-state index is 13.1. The Morgan fingerprint density at radius 1 is 1.11 bits per heavy atom. The largest absolute Gasteiger partial charge is 0.355 e. The van der Waals surface area contributed by atoms with E-state index in [1.54, 1.807) is 24.3 Å². The third-order valence-corrected chi connectivity index (χ3v) is 6.67. The van der Waals surface area contributed by atoms with E-state index < -0.39 is 10.0 Å². The van der Waals surface area contributed by atoms with E-state index in [0.29, 0.717) is 6.54 Å². The standard InChI is InChI=1S/C19H20ClFN2O3S/c20-16-3-1-2-4-17(16)27(25,26)23-12-9-18(24)22-13-19(10-11-19)14-5-7-15(21)8-6-14/h1-8,23H,9-13H2,(H,22,24). The number of sulfonamides is 1. The average molecular weight is 411 g/mol. The van der Waals surface area contributed by atoms with Crippen LogP contribution in [0.3, 0.4) is 0 Å². The highest BCUT2D eigenvalue weighted by Crippen LogP contribution is 2.47. The van der Waals surface area contributed by atoms with Crippen LogP contribution in [0.2, 0.25) is 5.02 Å². The van der Waals surface area contributed by atoms with Gasteiger partial charge in [0.05, 0.1) is 5.02 Å². The van der Waals surface area contributed by atoms with Crippen LogP contribution in [-0.4, -0.2) is 27.4 Å². The molecule has 8 heteroatoms. The van der Waals surface area contributed by atoms with E-state index in [-0.39, 0.29) is 40.0 Å². The van der Waals surface area contributed by atoms with Crippen LogP contribution in [-0.2, 0) is 20.2 Å². The first-order valence-electron chi connectivity index (χ1n) is 8.59. The molecule has 0 radical (unpaired) electrons. The summed E-state index contributed by atoms with van der Waals surface area (Å²) in [5.41, 5.74) is 0.865. The van der Waals surface area contributed by atoms with Gasteiger partial charge in [0, 0.05) is 24.9 Å². The van der Waals surface area contributed by atoms with Crippen molar-refractivity contribution in [2.24, 2.45) is 0 Å². The molecule has 1 amide bonds. The summed E-state index contributed by atoms with van der Waals surface area (Å²) in [4.78, 5) is 12.0. The van der Waals surface area contributed by atoms with E-state index in [4.69, 9.17) is 11.6 Å². The monoisotopic (exact) mass is 410 g/mol. The topological polar surface area (TPSA) is 75.3 Å². The quantitative estimate of drug-likeness (QED) is 0.702. The van der Waals surface area contributed by atoms with Gasteiger partial charge in [-0.05, 0) is 42.7 Å². The van der Waals surface area contributed by atoms with Gasteiger partial charge in [-0.15, -0.1) is 0 Å². The lowest BCUT2D eigenvalue weighted by molar-refractivity contribution is -0.121. The van der Waals surface area contributed by atoms with Crippen molar-refractivity contribution in [1.82, 2.24) is 10.0 Å². The highest BCUT2D eigenvalue weighted by molar-refractivity contribution is 7.89. The highest BCUT2D eigenvalue weighted by Gasteiger charge is 2.44. The Morgan fingerprint density at radius 2 is 1.78 bits per heavy atom. The lowest BCUT2D eigenvalue weighted by Gasteiger charge is -2.17. The van der Waals surface area contributed by atoms with E-state index in [0.717, 1.165) is 18.4 Å². The molecule has 0 spiro atoms. The second kappa shape index (κ2) is 7.96. The number of nitrogens with one attached hydrogen (secondary N) is 2. The fourth-order valence-electron chi connectivity index (χ4n) is 2.92. The van der Waals surface area contributed by atoms with Crippen LogP contribution in [0.4, 0.5) is 4.39 Å². The number of carbonyl (C=O) groups excluding carboxylic acids is 1. The molecule has 5 nitrogen and oxygen atoms in total. The van der Waals surface area contributed by atoms with Gasteiger partial charge in [-0.2, -0.15) is 0 Å². The van der Waals surface area contributed by atoms with Gasteiger partial charge in [0.25, 0.3) is 0 Å². The second-order valence-electron chi connectivity index (χ2n) is 6.64. The minimum Gasteiger partial charge on any atom is -0.355 e. The SMILES string of the molecule is O=C(CCNS(=O)(=O)c1ccccc1Cl)NCC1(c2ccc(F)cc2)CC1. The molecule has 1 aliphatic carbocycles. The highest BCUT2D eigenvalue weighted by atomic mass is 35.5. The van der Waals surface area contributed by atoms with Crippen molar-refractivity contribution < 1.29 is 17.6 Å². The van der Waals surface area contributed by atoms with Crippen LogP contribution in [0.1, 0.15) is 24.8 Å². The Labute approximate surface area is 163 Å². The summed E-state index contributed by atoms with van der Waals surface area (Å²) in [6, 6.07) is 12.4. The normalized spacial score (nSPS) is 15.3. The predicted octanol–water partition coefficient (Wildman–Crippen LogP) is 3.00. The molecule has 0 aliphatic heterocycles. The maximum Gasteiger partial charge on any atom is 0.242 e. The molecular formula is C19H20ClFN2O3S. The summed E-state index contributed by atoms with van der Waals surface area (Å²) in [7, 11) is -3.76. The van der Waals surface area contributed by atoms with Gasteiger partial charge in [-0.25, -0.2) is 17.5 Å². The smallest absolute Gasteiger partial charge is 0.242 e. The molecule has 144 valence electrons. The van der Waals surface area contributed by atoms with Crippen LogP contribution in [0.15, 0.2) is 53.4 Å². The fourth-order valence-corrected chi connectivity index (χ4v) is 4.47. The number of rotatable bonds is 8. The van der Waals surface area contributed by atoms with Crippen LogP contribution >= 0.6 is 11.6 Å². The second-order valence-corrected chi connectivity index (χ2v) is 8.78. The van der Waals surface area contributed by atoms with E-state index in [1.165, 1.54) is 24.3 Å². The summed E-state index contributed by atoms with van der Waals surface area (Å²) in [6.45, 7) is 0.428. The molecule has 2 aromatic carbocycles. The van der Waals surface area contributed by atoms with Gasteiger partial charge < -0.3 is 5.32 Å². The zero-order valence-corrected chi connectivity index (χ0v) is 16.1. The van der Waals surface area contributed by atoms with Crippen molar-refractivity contribution in [2.75, 3.05) is 13.1 Å². The Balaban J connectivity index is 1.48. The molecular weight excluding hydrogens is 391 g/mol. The van der Waals surface area contributed by atoms with Crippen LogP contribution < -0.4 is 10.0 Å². The summed E-state index contributed by atoms with van der Waals surface area (Å²) < 4.78 is 39.9. The molecule has 0 heterocycles. The number of carbonyl (C=O) groups is 1. The summed E-state index contributed by atoms with van der Waals surface area (Å²) in [5.74, 6) is -0.533. The van der Waals surface area contributed by atoms with E-state index in [9.17, 15) is 17.6 Å². The summed E-state index contributed by atoms with van der Waals surface area (Å²) in [5, 5.41) is 2.97. The fraction of sp³-hybridized carbons (Fsp3) is 0.316. The van der Waals surface area contributed by atoms with Crippen molar-refractivity contribution in [3.05, 3.63) is 64.9 Å². The van der Waals surface area contributed by atoms with Gasteiger partial charge >= 0.3 is 0 Å². The van der Waals surface area contributed by atoms with Crippen molar-refractivity contribution in [3.8, 4) is 0 Å². The minimum absolute atomic E-state index is 0.0136. The first-order valence-corrected chi connectivity index (χ1v) is 10.5. The lowest BCUT2D eigenvalue weighted by Crippen LogP contribution is -2.35. The molecule has 1 saturated carbocycles. The molecule has 0 saturated heterocycles. The lowest BCUT2D eigenvalue weighted by atomic mass is 9.96. The van der Waals surface area contributed by atoms with E-state index in [1.807, 2.05) is 0 Å². The third kappa shape index (κ3) is 4.86. The molecule has 0 aromatic heterocycles. The van der Waals surface area contributed by atoms with Crippen molar-refractivity contribution in [2.45, 2.75) is 29.6 Å². The summed E-state index contributed by atoms with van der Waals surface area (Å²) in [6.07, 6.45) is 1.87. The molecule has 27 heavy (non-hydrogen) atoms. The Bertz CT molecular complexity index is 928. The minimum atomic E-state index is -3.76. The molecule has 0 bridgehead atoms. The zero-order valence-electron chi connectivity index (χ0n) is 14.5. The van der Waals surface area contributed by atoms with Crippen molar-refractivity contribution >= 4 is 27.5 Å².